The van der Waals surface area contributed by atoms with Crippen LogP contribution in [0, 0.1) is 0 Å². The summed E-state index contributed by atoms with van der Waals surface area (Å²) in [5.41, 5.74) is 6.30. The van der Waals surface area contributed by atoms with Crippen molar-refractivity contribution < 1.29 is 14.3 Å². The summed E-state index contributed by atoms with van der Waals surface area (Å²) in [6, 6.07) is 5.39. The van der Waals surface area contributed by atoms with E-state index in [-0.39, 0.29) is 11.1 Å². The standard InChI is InChI=1S/C12H12N2O3S/c1-16-8-4-3-7(5-9(8)17-2)6-10-11(15)14-12(13)18-10/h3-6H,1-2H3,(H2,13,14,15)/b10-6-. The number of amides is 1. The monoisotopic (exact) mass is 264 g/mol. The number of benzene rings is 1. The van der Waals surface area contributed by atoms with Gasteiger partial charge in [0.25, 0.3) is 5.91 Å². The minimum atomic E-state index is -0.313. The maximum absolute atomic E-state index is 11.5. The summed E-state index contributed by atoms with van der Waals surface area (Å²) in [4.78, 5) is 15.6. The number of thioether (sulfide) groups is 1. The number of carbonyl (C=O) groups is 1. The van der Waals surface area contributed by atoms with E-state index in [9.17, 15) is 4.79 Å². The van der Waals surface area contributed by atoms with Crippen molar-refractivity contribution in [3.63, 3.8) is 0 Å². The van der Waals surface area contributed by atoms with Crippen molar-refractivity contribution in [3.05, 3.63) is 28.7 Å². The predicted octanol–water partition coefficient (Wildman–Crippen LogP) is 1.63. The molecule has 2 N–H and O–H groups in total. The van der Waals surface area contributed by atoms with E-state index < -0.39 is 0 Å². The number of rotatable bonds is 3. The van der Waals surface area contributed by atoms with E-state index >= 15 is 0 Å². The van der Waals surface area contributed by atoms with Crippen LogP contribution in [0.25, 0.3) is 6.08 Å². The number of nitrogens with two attached hydrogens (primary N) is 1. The van der Waals surface area contributed by atoms with Gasteiger partial charge in [-0.15, -0.1) is 0 Å². The first-order valence-electron chi connectivity index (χ1n) is 5.14. The van der Waals surface area contributed by atoms with Gasteiger partial charge in [0.2, 0.25) is 0 Å². The molecule has 1 heterocycles. The lowest BCUT2D eigenvalue weighted by Crippen LogP contribution is -2.01. The van der Waals surface area contributed by atoms with Gasteiger partial charge in [-0.2, -0.15) is 4.99 Å². The van der Waals surface area contributed by atoms with Gasteiger partial charge < -0.3 is 15.2 Å². The zero-order chi connectivity index (χ0) is 13.1. The highest BCUT2D eigenvalue weighted by atomic mass is 32.2. The molecule has 1 aromatic carbocycles. The van der Waals surface area contributed by atoms with E-state index in [4.69, 9.17) is 15.2 Å². The molecule has 0 unspecified atom stereocenters. The van der Waals surface area contributed by atoms with Crippen molar-refractivity contribution in [3.8, 4) is 11.5 Å². The molecule has 0 fully saturated rings. The lowest BCUT2D eigenvalue weighted by Gasteiger charge is -2.07. The maximum atomic E-state index is 11.5. The van der Waals surface area contributed by atoms with Gasteiger partial charge in [0.1, 0.15) is 0 Å². The number of hydrogen-bond donors (Lipinski definition) is 1. The Bertz CT molecular complexity index is 552. The van der Waals surface area contributed by atoms with Crippen molar-refractivity contribution in [2.45, 2.75) is 0 Å². The lowest BCUT2D eigenvalue weighted by molar-refractivity contribution is -0.113. The molecule has 2 rings (SSSR count). The van der Waals surface area contributed by atoms with Gasteiger partial charge in [-0.25, -0.2) is 0 Å². The number of hydrogen-bond acceptors (Lipinski definition) is 5. The molecular weight excluding hydrogens is 252 g/mol. The Morgan fingerprint density at radius 2 is 2.00 bits per heavy atom. The third kappa shape index (κ3) is 2.48. The number of carbonyl (C=O) groups excluding carboxylic acids is 1. The third-order valence-electron chi connectivity index (χ3n) is 2.34. The molecule has 0 bridgehead atoms. The van der Waals surface area contributed by atoms with Gasteiger partial charge in [0.15, 0.2) is 16.7 Å². The van der Waals surface area contributed by atoms with Crippen LogP contribution in [0.5, 0.6) is 11.5 Å². The predicted molar refractivity (Wildman–Crippen MR) is 71.7 cm³/mol. The highest BCUT2D eigenvalue weighted by molar-refractivity contribution is 8.18. The highest BCUT2D eigenvalue weighted by Crippen LogP contribution is 2.31. The fraction of sp³-hybridized carbons (Fsp3) is 0.167. The second-order valence-electron chi connectivity index (χ2n) is 3.48. The summed E-state index contributed by atoms with van der Waals surface area (Å²) in [6.45, 7) is 0. The van der Waals surface area contributed by atoms with Crippen molar-refractivity contribution in [1.29, 1.82) is 0 Å². The summed E-state index contributed by atoms with van der Waals surface area (Å²) in [5.74, 6) is 0.935. The Morgan fingerprint density at radius 3 is 2.56 bits per heavy atom. The molecule has 0 aromatic heterocycles. The molecule has 6 heteroatoms. The van der Waals surface area contributed by atoms with E-state index in [2.05, 4.69) is 4.99 Å². The van der Waals surface area contributed by atoms with Crippen LogP contribution in [0.4, 0.5) is 0 Å². The average Bonchev–Trinajstić information content (AvgIpc) is 2.67. The van der Waals surface area contributed by atoms with Crippen molar-refractivity contribution in [2.75, 3.05) is 14.2 Å². The van der Waals surface area contributed by atoms with Crippen LogP contribution in [0.2, 0.25) is 0 Å². The Hall–Kier alpha value is -1.95. The summed E-state index contributed by atoms with van der Waals surface area (Å²) in [7, 11) is 3.13. The molecule has 5 nitrogen and oxygen atoms in total. The lowest BCUT2D eigenvalue weighted by atomic mass is 10.2. The van der Waals surface area contributed by atoms with Crippen molar-refractivity contribution in [1.82, 2.24) is 0 Å². The highest BCUT2D eigenvalue weighted by Gasteiger charge is 2.19. The molecular formula is C12H12N2O3S. The molecule has 0 aliphatic carbocycles. The fourth-order valence-electron chi connectivity index (χ4n) is 1.52. The molecule has 0 saturated carbocycles. The fourth-order valence-corrected chi connectivity index (χ4v) is 2.20. The Balaban J connectivity index is 2.31. The van der Waals surface area contributed by atoms with Gasteiger partial charge >= 0.3 is 0 Å². The van der Waals surface area contributed by atoms with Gasteiger partial charge in [0, 0.05) is 0 Å². The van der Waals surface area contributed by atoms with Crippen LogP contribution in [0.3, 0.4) is 0 Å². The van der Waals surface area contributed by atoms with Gasteiger partial charge in [-0.1, -0.05) is 6.07 Å². The second kappa shape index (κ2) is 5.14. The third-order valence-corrected chi connectivity index (χ3v) is 3.16. The first-order valence-corrected chi connectivity index (χ1v) is 5.95. The Labute approximate surface area is 109 Å². The average molecular weight is 264 g/mol. The first kappa shape index (κ1) is 12.5. The zero-order valence-corrected chi connectivity index (χ0v) is 10.8. The van der Waals surface area contributed by atoms with Crippen LogP contribution in [0.1, 0.15) is 5.56 Å². The SMILES string of the molecule is COc1ccc(/C=C2\SC(N)=NC2=O)cc1OC. The number of ether oxygens (including phenoxy) is 2. The zero-order valence-electron chi connectivity index (χ0n) is 9.97. The molecule has 0 radical (unpaired) electrons. The number of amidine groups is 1. The number of aliphatic imine (C=N–C) groups is 1. The van der Waals surface area contributed by atoms with Crippen LogP contribution >= 0.6 is 11.8 Å². The normalized spacial score (nSPS) is 16.9. The van der Waals surface area contributed by atoms with Crippen LogP contribution < -0.4 is 15.2 Å². The topological polar surface area (TPSA) is 73.9 Å². The Kier molecular flexibility index (Phi) is 3.57. The largest absolute Gasteiger partial charge is 0.493 e. The minimum Gasteiger partial charge on any atom is -0.493 e. The van der Waals surface area contributed by atoms with Crippen LogP contribution in [-0.4, -0.2) is 25.3 Å². The minimum absolute atomic E-state index is 0.270. The summed E-state index contributed by atoms with van der Waals surface area (Å²) in [6.07, 6.45) is 1.72. The van der Waals surface area contributed by atoms with Crippen molar-refractivity contribution >= 4 is 28.9 Å². The quantitative estimate of drug-likeness (QED) is 0.840. The summed E-state index contributed by atoms with van der Waals surface area (Å²) >= 11 is 1.16. The molecule has 0 spiro atoms. The Morgan fingerprint density at radius 1 is 1.28 bits per heavy atom. The van der Waals surface area contributed by atoms with E-state index in [0.29, 0.717) is 16.4 Å². The van der Waals surface area contributed by atoms with E-state index in [1.165, 1.54) is 0 Å². The smallest absolute Gasteiger partial charge is 0.286 e. The number of nitrogens with zero attached hydrogens (tertiary/aromatic N) is 1. The summed E-state index contributed by atoms with van der Waals surface area (Å²) in [5, 5.41) is 0.270. The van der Waals surface area contributed by atoms with Gasteiger partial charge in [0.05, 0.1) is 19.1 Å². The molecule has 1 amide bonds. The molecule has 94 valence electrons. The van der Waals surface area contributed by atoms with Crippen LogP contribution in [0.15, 0.2) is 28.1 Å². The molecule has 1 aromatic rings. The summed E-state index contributed by atoms with van der Waals surface area (Å²) < 4.78 is 10.3. The van der Waals surface area contributed by atoms with Gasteiger partial charge in [-0.05, 0) is 35.5 Å². The number of methoxy groups -OCH3 is 2. The van der Waals surface area contributed by atoms with Crippen LogP contribution in [-0.2, 0) is 4.79 Å². The maximum Gasteiger partial charge on any atom is 0.286 e. The van der Waals surface area contributed by atoms with E-state index in [1.807, 2.05) is 6.07 Å². The molecule has 18 heavy (non-hydrogen) atoms. The van der Waals surface area contributed by atoms with E-state index in [0.717, 1.165) is 17.3 Å². The van der Waals surface area contributed by atoms with E-state index in [1.54, 1.807) is 32.4 Å². The molecule has 0 saturated heterocycles. The first-order chi connectivity index (χ1) is 8.63. The molecule has 1 aliphatic rings. The second-order valence-corrected chi connectivity index (χ2v) is 4.54. The molecule has 0 atom stereocenters. The molecule has 1 aliphatic heterocycles. The van der Waals surface area contributed by atoms with Gasteiger partial charge in [-0.3, -0.25) is 4.79 Å². The van der Waals surface area contributed by atoms with Crippen molar-refractivity contribution in [2.24, 2.45) is 10.7 Å².